The number of benzene rings is 1. The van der Waals surface area contributed by atoms with E-state index in [2.05, 4.69) is 56.4 Å². The summed E-state index contributed by atoms with van der Waals surface area (Å²) in [5.41, 5.74) is 2.93. The van der Waals surface area contributed by atoms with E-state index < -0.39 is 0 Å². The van der Waals surface area contributed by atoms with Gasteiger partial charge >= 0.3 is 0 Å². The fraction of sp³-hybridized carbons (Fsp3) is 0.500. The SMILES string of the molecule is CCNCc1sc(C2(c3ccccc3)CC2)nc1C(C)C. The predicted molar refractivity (Wildman–Crippen MR) is 90.0 cm³/mol. The molecule has 2 aromatic rings. The second-order valence-electron chi connectivity index (χ2n) is 6.21. The molecule has 3 rings (SSSR count). The van der Waals surface area contributed by atoms with Crippen molar-refractivity contribution in [2.45, 2.75) is 51.5 Å². The van der Waals surface area contributed by atoms with Crippen molar-refractivity contribution in [2.24, 2.45) is 0 Å². The van der Waals surface area contributed by atoms with E-state index >= 15 is 0 Å². The molecule has 0 spiro atoms. The average Bonchev–Trinajstić information content (AvgIpc) is 3.20. The minimum atomic E-state index is 0.208. The first-order chi connectivity index (χ1) is 10.2. The Balaban J connectivity index is 1.96. The van der Waals surface area contributed by atoms with E-state index in [0.29, 0.717) is 5.92 Å². The van der Waals surface area contributed by atoms with Gasteiger partial charge in [0.25, 0.3) is 0 Å². The zero-order valence-corrected chi connectivity index (χ0v) is 14.0. The Bertz CT molecular complexity index is 597. The van der Waals surface area contributed by atoms with Gasteiger partial charge in [-0.3, -0.25) is 0 Å². The molecule has 0 amide bonds. The third kappa shape index (κ3) is 2.77. The Labute approximate surface area is 131 Å². The van der Waals surface area contributed by atoms with Crippen molar-refractivity contribution in [1.29, 1.82) is 0 Å². The normalized spacial score (nSPS) is 16.4. The third-order valence-electron chi connectivity index (χ3n) is 4.30. The molecular formula is C18H24N2S. The summed E-state index contributed by atoms with van der Waals surface area (Å²) in [5, 5.41) is 4.78. The quantitative estimate of drug-likeness (QED) is 0.852. The second-order valence-corrected chi connectivity index (χ2v) is 7.29. The maximum atomic E-state index is 5.05. The second kappa shape index (κ2) is 5.90. The fourth-order valence-corrected chi connectivity index (χ4v) is 4.35. The summed E-state index contributed by atoms with van der Waals surface area (Å²) in [4.78, 5) is 6.47. The first-order valence-corrected chi connectivity index (χ1v) is 8.75. The van der Waals surface area contributed by atoms with Gasteiger partial charge in [-0.1, -0.05) is 51.1 Å². The Morgan fingerprint density at radius 2 is 1.95 bits per heavy atom. The molecule has 0 aliphatic heterocycles. The van der Waals surface area contributed by atoms with Crippen LogP contribution >= 0.6 is 11.3 Å². The molecular weight excluding hydrogens is 276 g/mol. The Morgan fingerprint density at radius 3 is 2.52 bits per heavy atom. The Hall–Kier alpha value is -1.19. The first-order valence-electron chi connectivity index (χ1n) is 7.93. The number of hydrogen-bond donors (Lipinski definition) is 1. The highest BCUT2D eigenvalue weighted by molar-refractivity contribution is 7.12. The van der Waals surface area contributed by atoms with Crippen LogP contribution in [0.5, 0.6) is 0 Å². The van der Waals surface area contributed by atoms with Gasteiger partial charge in [0.15, 0.2) is 0 Å². The van der Waals surface area contributed by atoms with Crippen molar-refractivity contribution >= 4 is 11.3 Å². The van der Waals surface area contributed by atoms with Crippen LogP contribution in [0.15, 0.2) is 30.3 Å². The molecule has 1 N–H and O–H groups in total. The molecule has 2 nitrogen and oxygen atoms in total. The number of aromatic nitrogens is 1. The summed E-state index contributed by atoms with van der Waals surface area (Å²) in [7, 11) is 0. The summed E-state index contributed by atoms with van der Waals surface area (Å²) in [6.07, 6.45) is 2.48. The summed E-state index contributed by atoms with van der Waals surface area (Å²) in [6.45, 7) is 8.61. The zero-order chi connectivity index (χ0) is 14.9. The molecule has 0 radical (unpaired) electrons. The molecule has 0 atom stereocenters. The fourth-order valence-electron chi connectivity index (χ4n) is 2.89. The van der Waals surface area contributed by atoms with E-state index in [4.69, 9.17) is 4.98 Å². The predicted octanol–water partition coefficient (Wildman–Crippen LogP) is 4.46. The molecule has 1 heterocycles. The maximum absolute atomic E-state index is 5.05. The van der Waals surface area contributed by atoms with Gasteiger partial charge in [0.1, 0.15) is 5.01 Å². The molecule has 112 valence electrons. The summed E-state index contributed by atoms with van der Waals surface area (Å²) < 4.78 is 0. The molecule has 1 aromatic heterocycles. The van der Waals surface area contributed by atoms with Crippen molar-refractivity contribution in [3.05, 3.63) is 51.5 Å². The maximum Gasteiger partial charge on any atom is 0.104 e. The summed E-state index contributed by atoms with van der Waals surface area (Å²) in [6, 6.07) is 10.9. The van der Waals surface area contributed by atoms with Gasteiger partial charge < -0.3 is 5.32 Å². The van der Waals surface area contributed by atoms with Crippen LogP contribution in [0.1, 0.15) is 60.7 Å². The van der Waals surface area contributed by atoms with Crippen molar-refractivity contribution in [3.63, 3.8) is 0 Å². The number of rotatable bonds is 6. The molecule has 0 unspecified atom stereocenters. The largest absolute Gasteiger partial charge is 0.312 e. The van der Waals surface area contributed by atoms with Gasteiger partial charge in [0.2, 0.25) is 0 Å². The van der Waals surface area contributed by atoms with Crippen LogP contribution in [0.2, 0.25) is 0 Å². The van der Waals surface area contributed by atoms with Gasteiger partial charge in [-0.25, -0.2) is 4.98 Å². The lowest BCUT2D eigenvalue weighted by molar-refractivity contribution is 0.710. The Morgan fingerprint density at radius 1 is 1.24 bits per heavy atom. The van der Waals surface area contributed by atoms with Crippen LogP contribution < -0.4 is 5.32 Å². The van der Waals surface area contributed by atoms with Crippen molar-refractivity contribution in [1.82, 2.24) is 10.3 Å². The lowest BCUT2D eigenvalue weighted by atomic mass is 9.97. The third-order valence-corrected chi connectivity index (χ3v) is 5.57. The lowest BCUT2D eigenvalue weighted by Gasteiger charge is -2.12. The molecule has 1 aliphatic rings. The van der Waals surface area contributed by atoms with Gasteiger partial charge in [0, 0.05) is 16.8 Å². The minimum absolute atomic E-state index is 0.208. The van der Waals surface area contributed by atoms with E-state index in [1.807, 2.05) is 11.3 Å². The number of nitrogens with one attached hydrogen (secondary N) is 1. The molecule has 3 heteroatoms. The topological polar surface area (TPSA) is 24.9 Å². The molecule has 1 aliphatic carbocycles. The van der Waals surface area contributed by atoms with Crippen LogP contribution in [0.25, 0.3) is 0 Å². The highest BCUT2D eigenvalue weighted by Crippen LogP contribution is 2.55. The molecule has 1 saturated carbocycles. The van der Waals surface area contributed by atoms with Crippen molar-refractivity contribution < 1.29 is 0 Å². The zero-order valence-electron chi connectivity index (χ0n) is 13.1. The van der Waals surface area contributed by atoms with Gasteiger partial charge in [-0.2, -0.15) is 0 Å². The monoisotopic (exact) mass is 300 g/mol. The van der Waals surface area contributed by atoms with Crippen LogP contribution in [-0.4, -0.2) is 11.5 Å². The highest BCUT2D eigenvalue weighted by atomic mass is 32.1. The van der Waals surface area contributed by atoms with E-state index in [1.54, 1.807) is 0 Å². The van der Waals surface area contributed by atoms with Gasteiger partial charge in [0.05, 0.1) is 5.69 Å². The van der Waals surface area contributed by atoms with E-state index in [-0.39, 0.29) is 5.41 Å². The number of thiazole rings is 1. The first kappa shape index (κ1) is 14.7. The van der Waals surface area contributed by atoms with E-state index in [1.165, 1.54) is 34.0 Å². The smallest absolute Gasteiger partial charge is 0.104 e. The molecule has 0 saturated heterocycles. The van der Waals surface area contributed by atoms with Crippen molar-refractivity contribution in [2.75, 3.05) is 6.54 Å². The lowest BCUT2D eigenvalue weighted by Crippen LogP contribution is -2.12. The van der Waals surface area contributed by atoms with E-state index in [0.717, 1.165) is 13.1 Å². The molecule has 21 heavy (non-hydrogen) atoms. The summed E-state index contributed by atoms with van der Waals surface area (Å²) >= 11 is 1.92. The minimum Gasteiger partial charge on any atom is -0.312 e. The van der Waals surface area contributed by atoms with Gasteiger partial charge in [-0.05, 0) is 30.9 Å². The van der Waals surface area contributed by atoms with E-state index in [9.17, 15) is 0 Å². The molecule has 0 bridgehead atoms. The molecule has 1 fully saturated rings. The highest BCUT2D eigenvalue weighted by Gasteiger charge is 2.48. The molecule has 1 aromatic carbocycles. The van der Waals surface area contributed by atoms with Crippen LogP contribution in [0.3, 0.4) is 0 Å². The van der Waals surface area contributed by atoms with Crippen LogP contribution in [-0.2, 0) is 12.0 Å². The van der Waals surface area contributed by atoms with Crippen LogP contribution in [0.4, 0.5) is 0 Å². The summed E-state index contributed by atoms with van der Waals surface area (Å²) in [5.74, 6) is 0.496. The number of hydrogen-bond acceptors (Lipinski definition) is 3. The standard InChI is InChI=1S/C18H24N2S/c1-4-19-12-15-16(13(2)3)20-17(21-15)18(10-11-18)14-8-6-5-7-9-14/h5-9,13,19H,4,10-12H2,1-3H3. The van der Waals surface area contributed by atoms with Crippen molar-refractivity contribution in [3.8, 4) is 0 Å². The Kier molecular flexibility index (Phi) is 4.14. The number of nitrogens with zero attached hydrogens (tertiary/aromatic N) is 1. The van der Waals surface area contributed by atoms with Crippen LogP contribution in [0, 0.1) is 0 Å². The van der Waals surface area contributed by atoms with Gasteiger partial charge in [-0.15, -0.1) is 11.3 Å². The average molecular weight is 300 g/mol.